The highest BCUT2D eigenvalue weighted by Gasteiger charge is 1.95. The van der Waals surface area contributed by atoms with Gasteiger partial charge in [0.05, 0.1) is 11.8 Å². The fraction of sp³-hybridized carbons (Fsp3) is 0.125. The summed E-state index contributed by atoms with van der Waals surface area (Å²) in [5, 5.41) is 8.27. The Kier molecular flexibility index (Phi) is 2.38. The van der Waals surface area contributed by atoms with Crippen LogP contribution in [0.2, 0.25) is 0 Å². The van der Waals surface area contributed by atoms with Gasteiger partial charge in [-0.2, -0.15) is 5.26 Å². The minimum absolute atomic E-state index is 0.251. The number of aromatic nitrogens is 2. The molecule has 0 atom stereocenters. The Labute approximate surface area is 70.4 Å². The molecule has 0 aliphatic carbocycles. The van der Waals surface area contributed by atoms with E-state index in [1.54, 1.807) is 12.3 Å². The molecule has 0 unspecified atom stereocenters. The average Bonchev–Trinajstić information content (AvgIpc) is 2.03. The number of nitrogens with two attached hydrogens (primary N) is 1. The lowest BCUT2D eigenvalue weighted by molar-refractivity contribution is 1.11. The average molecular weight is 160 g/mol. The summed E-state index contributed by atoms with van der Waals surface area (Å²) < 4.78 is 0. The van der Waals surface area contributed by atoms with E-state index in [4.69, 9.17) is 11.0 Å². The van der Waals surface area contributed by atoms with Gasteiger partial charge in [-0.15, -0.1) is 0 Å². The first kappa shape index (κ1) is 8.21. The van der Waals surface area contributed by atoms with Crippen LogP contribution in [0.15, 0.2) is 12.3 Å². The summed E-state index contributed by atoms with van der Waals surface area (Å²) in [7, 11) is 0. The zero-order valence-electron chi connectivity index (χ0n) is 6.65. The zero-order chi connectivity index (χ0) is 8.97. The normalized spacial score (nSPS) is 10.0. The summed E-state index contributed by atoms with van der Waals surface area (Å²) in [6.45, 7) is 1.81. The SMILES string of the molecule is Cc1nc(N)ncc1C=CC#N. The molecule has 0 saturated carbocycles. The van der Waals surface area contributed by atoms with Crippen molar-refractivity contribution in [2.75, 3.05) is 5.73 Å². The fourth-order valence-electron chi connectivity index (χ4n) is 0.785. The molecular formula is C8H8N4. The first-order chi connectivity index (χ1) is 5.74. The largest absolute Gasteiger partial charge is 0.368 e. The number of anilines is 1. The second-order valence-electron chi connectivity index (χ2n) is 2.23. The zero-order valence-corrected chi connectivity index (χ0v) is 6.65. The smallest absolute Gasteiger partial charge is 0.220 e. The Morgan fingerprint density at radius 3 is 3.00 bits per heavy atom. The number of nitrogen functional groups attached to an aromatic ring is 1. The highest BCUT2D eigenvalue weighted by atomic mass is 15.0. The molecule has 0 amide bonds. The summed E-state index contributed by atoms with van der Waals surface area (Å²) >= 11 is 0. The lowest BCUT2D eigenvalue weighted by atomic mass is 10.2. The van der Waals surface area contributed by atoms with Gasteiger partial charge in [-0.1, -0.05) is 0 Å². The molecular weight excluding hydrogens is 152 g/mol. The van der Waals surface area contributed by atoms with Crippen LogP contribution in [-0.4, -0.2) is 9.97 Å². The van der Waals surface area contributed by atoms with Crippen molar-refractivity contribution >= 4 is 12.0 Å². The van der Waals surface area contributed by atoms with Crippen molar-refractivity contribution in [2.45, 2.75) is 6.92 Å². The molecule has 0 aromatic carbocycles. The van der Waals surface area contributed by atoms with E-state index in [2.05, 4.69) is 9.97 Å². The Bertz CT molecular complexity index is 349. The second-order valence-corrected chi connectivity index (χ2v) is 2.23. The maximum Gasteiger partial charge on any atom is 0.220 e. The molecule has 0 saturated heterocycles. The molecule has 0 bridgehead atoms. The number of hydrogen-bond donors (Lipinski definition) is 1. The van der Waals surface area contributed by atoms with Crippen LogP contribution in [0.4, 0.5) is 5.95 Å². The molecule has 1 heterocycles. The molecule has 1 rings (SSSR count). The van der Waals surface area contributed by atoms with Gasteiger partial charge in [0, 0.05) is 17.8 Å². The summed E-state index contributed by atoms with van der Waals surface area (Å²) in [5.41, 5.74) is 6.93. The minimum atomic E-state index is 0.251. The van der Waals surface area contributed by atoms with E-state index in [1.807, 2.05) is 13.0 Å². The lowest BCUT2D eigenvalue weighted by Crippen LogP contribution is -1.97. The number of nitriles is 1. The highest BCUT2D eigenvalue weighted by Crippen LogP contribution is 2.06. The standard InChI is InChI=1S/C8H8N4/c1-6-7(3-2-4-9)5-11-8(10)12-6/h2-3,5H,1H3,(H2,10,11,12). The van der Waals surface area contributed by atoms with E-state index < -0.39 is 0 Å². The highest BCUT2D eigenvalue weighted by molar-refractivity contribution is 5.53. The van der Waals surface area contributed by atoms with Crippen LogP contribution in [-0.2, 0) is 0 Å². The van der Waals surface area contributed by atoms with Gasteiger partial charge < -0.3 is 5.73 Å². The maximum absolute atomic E-state index is 8.27. The molecule has 0 aliphatic rings. The third-order valence-electron chi connectivity index (χ3n) is 1.37. The van der Waals surface area contributed by atoms with E-state index >= 15 is 0 Å². The second kappa shape index (κ2) is 3.49. The van der Waals surface area contributed by atoms with E-state index in [9.17, 15) is 0 Å². The molecule has 4 nitrogen and oxygen atoms in total. The van der Waals surface area contributed by atoms with Crippen LogP contribution in [0, 0.1) is 18.3 Å². The molecule has 0 spiro atoms. The van der Waals surface area contributed by atoms with Crippen molar-refractivity contribution < 1.29 is 0 Å². The van der Waals surface area contributed by atoms with Gasteiger partial charge in [-0.3, -0.25) is 0 Å². The molecule has 4 heteroatoms. The van der Waals surface area contributed by atoms with Crippen molar-refractivity contribution in [3.63, 3.8) is 0 Å². The Morgan fingerprint density at radius 2 is 2.42 bits per heavy atom. The van der Waals surface area contributed by atoms with Crippen LogP contribution in [0.5, 0.6) is 0 Å². The molecule has 1 aromatic heterocycles. The number of hydrogen-bond acceptors (Lipinski definition) is 4. The van der Waals surface area contributed by atoms with Crippen LogP contribution in [0.3, 0.4) is 0 Å². The summed E-state index contributed by atoms with van der Waals surface area (Å²) in [6, 6.07) is 1.89. The predicted molar refractivity (Wildman–Crippen MR) is 45.8 cm³/mol. The van der Waals surface area contributed by atoms with Crippen molar-refractivity contribution in [3.05, 3.63) is 23.5 Å². The van der Waals surface area contributed by atoms with Gasteiger partial charge in [-0.25, -0.2) is 9.97 Å². The molecule has 2 N–H and O–H groups in total. The van der Waals surface area contributed by atoms with Gasteiger partial charge >= 0.3 is 0 Å². The monoisotopic (exact) mass is 160 g/mol. The van der Waals surface area contributed by atoms with E-state index in [0.717, 1.165) is 11.3 Å². The summed E-state index contributed by atoms with van der Waals surface area (Å²) in [4.78, 5) is 7.73. The number of nitrogens with zero attached hydrogens (tertiary/aromatic N) is 3. The molecule has 0 aliphatic heterocycles. The lowest BCUT2D eigenvalue weighted by Gasteiger charge is -1.97. The Hall–Kier alpha value is -1.89. The predicted octanol–water partition coefficient (Wildman–Crippen LogP) is 0.904. The van der Waals surface area contributed by atoms with Gasteiger partial charge in [0.1, 0.15) is 0 Å². The van der Waals surface area contributed by atoms with Gasteiger partial charge in [0.25, 0.3) is 0 Å². The van der Waals surface area contributed by atoms with Crippen molar-refractivity contribution in [1.82, 2.24) is 9.97 Å². The summed E-state index contributed by atoms with van der Waals surface area (Å²) in [5.74, 6) is 0.251. The van der Waals surface area contributed by atoms with Crippen LogP contribution < -0.4 is 5.73 Å². The Balaban J connectivity index is 3.03. The van der Waals surface area contributed by atoms with Gasteiger partial charge in [-0.05, 0) is 13.0 Å². The first-order valence-electron chi connectivity index (χ1n) is 3.39. The molecule has 12 heavy (non-hydrogen) atoms. The van der Waals surface area contributed by atoms with Crippen molar-refractivity contribution in [1.29, 1.82) is 5.26 Å². The van der Waals surface area contributed by atoms with Gasteiger partial charge in [0.2, 0.25) is 5.95 Å². The van der Waals surface area contributed by atoms with Gasteiger partial charge in [0.15, 0.2) is 0 Å². The van der Waals surface area contributed by atoms with Crippen molar-refractivity contribution in [2.24, 2.45) is 0 Å². The van der Waals surface area contributed by atoms with Crippen molar-refractivity contribution in [3.8, 4) is 6.07 Å². The molecule has 0 fully saturated rings. The molecule has 1 aromatic rings. The molecule has 0 radical (unpaired) electrons. The van der Waals surface area contributed by atoms with E-state index in [1.165, 1.54) is 6.08 Å². The topological polar surface area (TPSA) is 75.6 Å². The maximum atomic E-state index is 8.27. The quantitative estimate of drug-likeness (QED) is 0.619. The number of rotatable bonds is 1. The number of aryl methyl sites for hydroxylation is 1. The third-order valence-corrected chi connectivity index (χ3v) is 1.37. The molecule has 60 valence electrons. The van der Waals surface area contributed by atoms with Crippen LogP contribution in [0.25, 0.3) is 6.08 Å². The summed E-state index contributed by atoms with van der Waals surface area (Å²) in [6.07, 6.45) is 4.61. The third kappa shape index (κ3) is 1.80. The minimum Gasteiger partial charge on any atom is -0.368 e. The van der Waals surface area contributed by atoms with E-state index in [-0.39, 0.29) is 5.95 Å². The number of allylic oxidation sites excluding steroid dienone is 1. The van der Waals surface area contributed by atoms with Crippen LogP contribution in [0.1, 0.15) is 11.3 Å². The Morgan fingerprint density at radius 1 is 1.67 bits per heavy atom. The first-order valence-corrected chi connectivity index (χ1v) is 3.39. The van der Waals surface area contributed by atoms with E-state index in [0.29, 0.717) is 0 Å². The van der Waals surface area contributed by atoms with Crippen LogP contribution >= 0.6 is 0 Å². The fourth-order valence-corrected chi connectivity index (χ4v) is 0.785.